The summed E-state index contributed by atoms with van der Waals surface area (Å²) in [6.07, 6.45) is 0.961. The van der Waals surface area contributed by atoms with E-state index < -0.39 is 0 Å². The number of ether oxygens (including phenoxy) is 1. The van der Waals surface area contributed by atoms with Crippen molar-refractivity contribution in [3.63, 3.8) is 0 Å². The van der Waals surface area contributed by atoms with Crippen LogP contribution >= 0.6 is 0 Å². The van der Waals surface area contributed by atoms with E-state index in [0.29, 0.717) is 12.4 Å². The minimum atomic E-state index is -0.327. The van der Waals surface area contributed by atoms with E-state index in [4.69, 9.17) is 4.74 Å². The quantitative estimate of drug-likeness (QED) is 0.724. The molecule has 26 heavy (non-hydrogen) atoms. The Hall–Kier alpha value is -2.54. The van der Waals surface area contributed by atoms with Crippen LogP contribution in [-0.2, 0) is 20.5 Å². The molecule has 0 saturated carbocycles. The summed E-state index contributed by atoms with van der Waals surface area (Å²) in [5, 5.41) is 3.19. The van der Waals surface area contributed by atoms with Gasteiger partial charge in [-0.25, -0.2) is 4.79 Å². The van der Waals surface area contributed by atoms with Gasteiger partial charge in [0.15, 0.2) is 0 Å². The number of aromatic nitrogens is 2. The molecule has 7 nitrogen and oxygen atoms in total. The molecular weight excluding hydrogens is 332 g/mol. The monoisotopic (exact) mass is 360 g/mol. The molecular formula is C19H28N4O3. The van der Waals surface area contributed by atoms with E-state index in [1.807, 2.05) is 12.1 Å². The number of nitrogens with zero attached hydrogens (tertiary/aromatic N) is 3. The summed E-state index contributed by atoms with van der Waals surface area (Å²) >= 11 is 0. The molecule has 0 atom stereocenters. The van der Waals surface area contributed by atoms with E-state index in [0.717, 1.165) is 36.4 Å². The number of benzene rings is 1. The summed E-state index contributed by atoms with van der Waals surface area (Å²) in [6.45, 7) is 5.50. The normalized spacial score (nSPS) is 11.0. The summed E-state index contributed by atoms with van der Waals surface area (Å²) < 4.78 is 7.73. The van der Waals surface area contributed by atoms with E-state index in [1.54, 1.807) is 14.2 Å². The van der Waals surface area contributed by atoms with Crippen molar-refractivity contribution in [1.82, 2.24) is 14.0 Å². The van der Waals surface area contributed by atoms with Crippen LogP contribution in [-0.4, -0.2) is 47.3 Å². The molecule has 0 saturated heterocycles. The number of methoxy groups -OCH3 is 1. The van der Waals surface area contributed by atoms with E-state index in [2.05, 4.69) is 29.3 Å². The Morgan fingerprint density at radius 3 is 2.38 bits per heavy atom. The largest absolute Gasteiger partial charge is 0.497 e. The Morgan fingerprint density at radius 1 is 1.08 bits per heavy atom. The second-order valence-electron chi connectivity index (χ2n) is 6.23. The standard InChI is InChI=1S/C19H28N4O3/c1-5-23(12-10-15-6-8-16(26-4)9-7-15)13-11-20-17-14-18(24)22(3)19(25)21(17)2/h6-9,14,20H,5,10-13H2,1-4H3. The predicted octanol–water partition coefficient (Wildman–Crippen LogP) is 1.07. The molecule has 1 heterocycles. The van der Waals surface area contributed by atoms with E-state index >= 15 is 0 Å². The molecule has 0 aliphatic rings. The third-order valence-electron chi connectivity index (χ3n) is 4.58. The highest BCUT2D eigenvalue weighted by Crippen LogP contribution is 2.12. The predicted molar refractivity (Wildman–Crippen MR) is 104 cm³/mol. The Bertz CT molecular complexity index is 824. The van der Waals surface area contributed by atoms with Crippen LogP contribution in [0, 0.1) is 0 Å². The van der Waals surface area contributed by atoms with Gasteiger partial charge in [0.2, 0.25) is 0 Å². The second kappa shape index (κ2) is 9.24. The van der Waals surface area contributed by atoms with E-state index in [-0.39, 0.29) is 11.2 Å². The van der Waals surface area contributed by atoms with Gasteiger partial charge >= 0.3 is 5.69 Å². The lowest BCUT2D eigenvalue weighted by Crippen LogP contribution is -2.38. The Balaban J connectivity index is 1.87. The average molecular weight is 360 g/mol. The number of likely N-dealkylation sites (N-methyl/N-ethyl adjacent to an activating group) is 1. The molecule has 1 aromatic carbocycles. The maximum Gasteiger partial charge on any atom is 0.332 e. The van der Waals surface area contributed by atoms with Crippen molar-refractivity contribution < 1.29 is 4.74 Å². The van der Waals surface area contributed by atoms with Crippen LogP contribution in [0.15, 0.2) is 39.9 Å². The van der Waals surface area contributed by atoms with Crippen molar-refractivity contribution in [1.29, 1.82) is 0 Å². The summed E-state index contributed by atoms with van der Waals surface area (Å²) in [7, 11) is 4.80. The van der Waals surface area contributed by atoms with Gasteiger partial charge in [0.1, 0.15) is 11.6 Å². The molecule has 0 aliphatic carbocycles. The first-order valence-corrected chi connectivity index (χ1v) is 8.82. The fourth-order valence-electron chi connectivity index (χ4n) is 2.75. The molecule has 2 aromatic rings. The van der Waals surface area contributed by atoms with Crippen LogP contribution in [0.2, 0.25) is 0 Å². The van der Waals surface area contributed by atoms with Gasteiger partial charge in [0, 0.05) is 39.8 Å². The fraction of sp³-hybridized carbons (Fsp3) is 0.474. The second-order valence-corrected chi connectivity index (χ2v) is 6.23. The number of anilines is 1. The van der Waals surface area contributed by atoms with E-state index in [1.165, 1.54) is 23.2 Å². The zero-order valence-electron chi connectivity index (χ0n) is 16.0. The van der Waals surface area contributed by atoms with Gasteiger partial charge in [-0.3, -0.25) is 13.9 Å². The number of nitrogens with one attached hydrogen (secondary N) is 1. The van der Waals surface area contributed by atoms with Gasteiger partial charge in [-0.2, -0.15) is 0 Å². The minimum Gasteiger partial charge on any atom is -0.497 e. The van der Waals surface area contributed by atoms with Crippen molar-refractivity contribution in [2.45, 2.75) is 13.3 Å². The Morgan fingerprint density at radius 2 is 1.77 bits per heavy atom. The van der Waals surface area contributed by atoms with Gasteiger partial charge < -0.3 is 15.0 Å². The molecule has 2 rings (SSSR count). The van der Waals surface area contributed by atoms with Crippen molar-refractivity contribution in [3.05, 3.63) is 56.7 Å². The lowest BCUT2D eigenvalue weighted by molar-refractivity contribution is 0.303. The van der Waals surface area contributed by atoms with Gasteiger partial charge in [0.05, 0.1) is 7.11 Å². The zero-order chi connectivity index (χ0) is 19.1. The highest BCUT2D eigenvalue weighted by atomic mass is 16.5. The van der Waals surface area contributed by atoms with Crippen molar-refractivity contribution >= 4 is 5.82 Å². The molecule has 142 valence electrons. The number of rotatable bonds is 9. The minimum absolute atomic E-state index is 0.303. The van der Waals surface area contributed by atoms with Crippen LogP contribution in [0.25, 0.3) is 0 Å². The molecule has 0 bridgehead atoms. The highest BCUT2D eigenvalue weighted by Gasteiger charge is 2.07. The summed E-state index contributed by atoms with van der Waals surface area (Å²) in [4.78, 5) is 26.0. The summed E-state index contributed by atoms with van der Waals surface area (Å²) in [5.74, 6) is 1.41. The molecule has 1 aromatic heterocycles. The average Bonchev–Trinajstić information content (AvgIpc) is 2.67. The first-order chi connectivity index (χ1) is 12.5. The Labute approximate surface area is 153 Å². The molecule has 1 N–H and O–H groups in total. The van der Waals surface area contributed by atoms with Crippen LogP contribution in [0.5, 0.6) is 5.75 Å². The van der Waals surface area contributed by atoms with E-state index in [9.17, 15) is 9.59 Å². The van der Waals surface area contributed by atoms with Crippen LogP contribution in [0.3, 0.4) is 0 Å². The fourth-order valence-corrected chi connectivity index (χ4v) is 2.75. The maximum absolute atomic E-state index is 11.9. The van der Waals surface area contributed by atoms with Crippen LogP contribution < -0.4 is 21.3 Å². The Kier molecular flexibility index (Phi) is 7.03. The molecule has 0 fully saturated rings. The molecule has 0 amide bonds. The molecule has 0 spiro atoms. The third kappa shape index (κ3) is 4.98. The molecule has 0 unspecified atom stereocenters. The van der Waals surface area contributed by atoms with Crippen molar-refractivity contribution in [2.75, 3.05) is 38.6 Å². The van der Waals surface area contributed by atoms with Crippen LogP contribution in [0.1, 0.15) is 12.5 Å². The van der Waals surface area contributed by atoms with Crippen molar-refractivity contribution in [3.8, 4) is 5.75 Å². The van der Waals surface area contributed by atoms with Crippen LogP contribution in [0.4, 0.5) is 5.82 Å². The summed E-state index contributed by atoms with van der Waals surface area (Å²) in [6, 6.07) is 9.57. The highest BCUT2D eigenvalue weighted by molar-refractivity contribution is 5.33. The molecule has 0 radical (unpaired) electrons. The van der Waals surface area contributed by atoms with Gasteiger partial charge in [-0.1, -0.05) is 19.1 Å². The topological polar surface area (TPSA) is 68.5 Å². The first-order valence-electron chi connectivity index (χ1n) is 8.82. The maximum atomic E-state index is 11.9. The SMILES string of the molecule is CCN(CCNc1cc(=O)n(C)c(=O)n1C)CCc1ccc(OC)cc1. The van der Waals surface area contributed by atoms with Gasteiger partial charge in [-0.05, 0) is 30.7 Å². The molecule has 0 aliphatic heterocycles. The van der Waals surface area contributed by atoms with Crippen molar-refractivity contribution in [2.24, 2.45) is 14.1 Å². The molecule has 7 heteroatoms. The number of hydrogen-bond acceptors (Lipinski definition) is 5. The number of hydrogen-bond donors (Lipinski definition) is 1. The third-order valence-corrected chi connectivity index (χ3v) is 4.58. The smallest absolute Gasteiger partial charge is 0.332 e. The van der Waals surface area contributed by atoms with Gasteiger partial charge in [0.25, 0.3) is 5.56 Å². The summed E-state index contributed by atoms with van der Waals surface area (Å²) in [5.41, 5.74) is 0.639. The lowest BCUT2D eigenvalue weighted by Gasteiger charge is -2.21. The first kappa shape index (κ1) is 19.8. The zero-order valence-corrected chi connectivity index (χ0v) is 16.0. The van der Waals surface area contributed by atoms with Gasteiger partial charge in [-0.15, -0.1) is 0 Å². The lowest BCUT2D eigenvalue weighted by atomic mass is 10.1.